The first-order valence-corrected chi connectivity index (χ1v) is 7.96. The normalized spacial score (nSPS) is 19.6. The number of ether oxygens (including phenoxy) is 1. The monoisotopic (exact) mass is 288 g/mol. The van der Waals surface area contributed by atoms with Gasteiger partial charge in [-0.1, -0.05) is 36.8 Å². The maximum absolute atomic E-state index is 12.0. The summed E-state index contributed by atoms with van der Waals surface area (Å²) in [4.78, 5) is 14.4. The number of piperidine rings is 1. The van der Waals surface area contributed by atoms with Crippen molar-refractivity contribution >= 4 is 5.78 Å². The van der Waals surface area contributed by atoms with E-state index in [0.29, 0.717) is 12.5 Å². The molecule has 0 amide bonds. The maximum atomic E-state index is 12.0. The van der Waals surface area contributed by atoms with E-state index < -0.39 is 0 Å². The molecule has 0 saturated carbocycles. The lowest BCUT2D eigenvalue weighted by Crippen LogP contribution is -2.40. The number of hydrogen-bond donors (Lipinski definition) is 0. The molecule has 0 aromatic heterocycles. The maximum Gasteiger partial charge on any atom is 0.162 e. The van der Waals surface area contributed by atoms with Crippen LogP contribution in [0.25, 0.3) is 0 Å². The van der Waals surface area contributed by atoms with Crippen LogP contribution < -0.4 is 0 Å². The van der Waals surface area contributed by atoms with Gasteiger partial charge in [-0.05, 0) is 38.8 Å². The van der Waals surface area contributed by atoms with Crippen LogP contribution in [0.4, 0.5) is 0 Å². The fraction of sp³-hybridized carbons (Fsp3) is 0.556. The fourth-order valence-electron chi connectivity index (χ4n) is 2.80. The SMILES string of the molecule is COC1[CH]CCN(CCCCCC(=O)c2ccccc2)C1. The summed E-state index contributed by atoms with van der Waals surface area (Å²) >= 11 is 0. The van der Waals surface area contributed by atoms with E-state index in [-0.39, 0.29) is 5.78 Å². The van der Waals surface area contributed by atoms with Crippen molar-refractivity contribution in [1.82, 2.24) is 4.90 Å². The Balaban J connectivity index is 1.57. The first-order valence-electron chi connectivity index (χ1n) is 7.96. The molecule has 0 aliphatic carbocycles. The van der Waals surface area contributed by atoms with E-state index in [4.69, 9.17) is 4.74 Å². The number of benzene rings is 1. The molecular formula is C18H26NO2. The molecule has 1 unspecified atom stereocenters. The lowest BCUT2D eigenvalue weighted by atomic mass is 10.0. The number of hydrogen-bond acceptors (Lipinski definition) is 3. The van der Waals surface area contributed by atoms with Crippen molar-refractivity contribution in [2.24, 2.45) is 0 Å². The number of carbonyl (C=O) groups excluding carboxylic acids is 1. The first kappa shape index (κ1) is 16.2. The Kier molecular flexibility index (Phi) is 6.90. The number of rotatable bonds is 8. The van der Waals surface area contributed by atoms with Gasteiger partial charge >= 0.3 is 0 Å². The van der Waals surface area contributed by atoms with Crippen molar-refractivity contribution in [3.8, 4) is 0 Å². The molecular weight excluding hydrogens is 262 g/mol. The summed E-state index contributed by atoms with van der Waals surface area (Å²) in [6.45, 7) is 3.27. The van der Waals surface area contributed by atoms with E-state index >= 15 is 0 Å². The minimum Gasteiger partial charge on any atom is -0.380 e. The van der Waals surface area contributed by atoms with Crippen LogP contribution in [0.5, 0.6) is 0 Å². The first-order chi connectivity index (χ1) is 10.3. The van der Waals surface area contributed by atoms with Crippen LogP contribution in [-0.2, 0) is 4.74 Å². The highest BCUT2D eigenvalue weighted by atomic mass is 16.5. The van der Waals surface area contributed by atoms with Gasteiger partial charge in [0, 0.05) is 25.6 Å². The molecule has 2 rings (SSSR count). The Morgan fingerprint density at radius 3 is 2.81 bits per heavy atom. The number of unbranched alkanes of at least 4 members (excludes halogenated alkanes) is 2. The molecule has 21 heavy (non-hydrogen) atoms. The molecule has 1 aliphatic rings. The van der Waals surface area contributed by atoms with Crippen molar-refractivity contribution in [2.45, 2.75) is 38.2 Å². The zero-order chi connectivity index (χ0) is 14.9. The van der Waals surface area contributed by atoms with E-state index in [2.05, 4.69) is 11.3 Å². The van der Waals surface area contributed by atoms with Crippen LogP contribution in [0, 0.1) is 6.42 Å². The van der Waals surface area contributed by atoms with Crippen LogP contribution >= 0.6 is 0 Å². The third-order valence-corrected chi connectivity index (χ3v) is 4.09. The quantitative estimate of drug-likeness (QED) is 0.542. The van der Waals surface area contributed by atoms with Crippen LogP contribution in [0.3, 0.4) is 0 Å². The minimum atomic E-state index is 0.266. The molecule has 0 spiro atoms. The van der Waals surface area contributed by atoms with Gasteiger partial charge in [0.15, 0.2) is 5.78 Å². The number of likely N-dealkylation sites (tertiary alicyclic amines) is 1. The van der Waals surface area contributed by atoms with Gasteiger partial charge in [0.25, 0.3) is 0 Å². The molecule has 1 heterocycles. The number of nitrogens with zero attached hydrogens (tertiary/aromatic N) is 1. The molecule has 1 aliphatic heterocycles. The zero-order valence-electron chi connectivity index (χ0n) is 13.0. The average molecular weight is 288 g/mol. The van der Waals surface area contributed by atoms with E-state index in [9.17, 15) is 4.79 Å². The highest BCUT2D eigenvalue weighted by molar-refractivity contribution is 5.95. The van der Waals surface area contributed by atoms with E-state index in [1.807, 2.05) is 30.3 Å². The summed E-state index contributed by atoms with van der Waals surface area (Å²) in [5.41, 5.74) is 0.840. The smallest absolute Gasteiger partial charge is 0.162 e. The Hall–Kier alpha value is -1.19. The van der Waals surface area contributed by atoms with Gasteiger partial charge in [-0.25, -0.2) is 0 Å². The second kappa shape index (κ2) is 8.96. The summed E-state index contributed by atoms with van der Waals surface area (Å²) in [6, 6.07) is 9.59. The Morgan fingerprint density at radius 1 is 1.24 bits per heavy atom. The summed E-state index contributed by atoms with van der Waals surface area (Å²) in [5, 5.41) is 0. The third kappa shape index (κ3) is 5.60. The predicted molar refractivity (Wildman–Crippen MR) is 85.4 cm³/mol. The zero-order valence-corrected chi connectivity index (χ0v) is 13.0. The number of Topliss-reactive ketones (excluding diaryl/α,β-unsaturated/α-hetero) is 1. The lowest BCUT2D eigenvalue weighted by Gasteiger charge is -2.31. The topological polar surface area (TPSA) is 29.5 Å². The second-order valence-electron chi connectivity index (χ2n) is 5.70. The molecule has 0 bridgehead atoms. The minimum absolute atomic E-state index is 0.266. The second-order valence-corrected chi connectivity index (χ2v) is 5.70. The molecule has 1 radical (unpaired) electrons. The van der Waals surface area contributed by atoms with Gasteiger partial charge in [-0.3, -0.25) is 4.79 Å². The standard InChI is InChI=1S/C18H26NO2/c1-21-17-11-8-14-19(15-17)13-7-3-6-12-18(20)16-9-4-2-5-10-16/h2,4-5,9-11,17H,3,6-8,12-15H2,1H3. The Bertz CT molecular complexity index is 418. The molecule has 3 nitrogen and oxygen atoms in total. The summed E-state index contributed by atoms with van der Waals surface area (Å²) in [5.74, 6) is 0.266. The molecule has 1 fully saturated rings. The van der Waals surface area contributed by atoms with Crippen LogP contribution in [-0.4, -0.2) is 43.5 Å². The average Bonchev–Trinajstić information content (AvgIpc) is 2.55. The largest absolute Gasteiger partial charge is 0.380 e. The van der Waals surface area contributed by atoms with Crippen molar-refractivity contribution in [3.63, 3.8) is 0 Å². The van der Waals surface area contributed by atoms with Crippen LogP contribution in [0.2, 0.25) is 0 Å². The molecule has 1 aromatic carbocycles. The molecule has 1 aromatic rings. The Labute approximate surface area is 128 Å². The molecule has 115 valence electrons. The molecule has 3 heteroatoms. The lowest BCUT2D eigenvalue weighted by molar-refractivity contribution is 0.0635. The summed E-state index contributed by atoms with van der Waals surface area (Å²) < 4.78 is 5.39. The van der Waals surface area contributed by atoms with Crippen molar-refractivity contribution in [2.75, 3.05) is 26.7 Å². The number of carbonyl (C=O) groups is 1. The van der Waals surface area contributed by atoms with Gasteiger partial charge in [-0.2, -0.15) is 0 Å². The highest BCUT2D eigenvalue weighted by Gasteiger charge is 2.18. The predicted octanol–water partition coefficient (Wildman–Crippen LogP) is 3.35. The highest BCUT2D eigenvalue weighted by Crippen LogP contribution is 2.13. The van der Waals surface area contributed by atoms with Gasteiger partial charge in [0.05, 0.1) is 6.10 Å². The number of ketones is 1. The third-order valence-electron chi connectivity index (χ3n) is 4.09. The van der Waals surface area contributed by atoms with Crippen LogP contribution in [0.15, 0.2) is 30.3 Å². The molecule has 1 atom stereocenters. The van der Waals surface area contributed by atoms with Crippen molar-refractivity contribution < 1.29 is 9.53 Å². The van der Waals surface area contributed by atoms with Gasteiger partial charge in [0.1, 0.15) is 0 Å². The van der Waals surface area contributed by atoms with Crippen molar-refractivity contribution in [1.29, 1.82) is 0 Å². The Morgan fingerprint density at radius 2 is 2.05 bits per heavy atom. The number of methoxy groups -OCH3 is 1. The van der Waals surface area contributed by atoms with E-state index in [1.54, 1.807) is 7.11 Å². The van der Waals surface area contributed by atoms with Crippen molar-refractivity contribution in [3.05, 3.63) is 42.3 Å². The van der Waals surface area contributed by atoms with Crippen LogP contribution in [0.1, 0.15) is 42.5 Å². The summed E-state index contributed by atoms with van der Waals surface area (Å²) in [7, 11) is 1.78. The van der Waals surface area contributed by atoms with E-state index in [0.717, 1.165) is 44.5 Å². The van der Waals surface area contributed by atoms with E-state index in [1.165, 1.54) is 6.42 Å². The molecule has 0 N–H and O–H groups in total. The summed E-state index contributed by atoms with van der Waals surface area (Å²) in [6.07, 6.45) is 7.60. The molecule has 1 saturated heterocycles. The fourth-order valence-corrected chi connectivity index (χ4v) is 2.80. The van der Waals surface area contributed by atoms with Gasteiger partial charge in [-0.15, -0.1) is 0 Å². The van der Waals surface area contributed by atoms with Gasteiger partial charge < -0.3 is 9.64 Å². The van der Waals surface area contributed by atoms with Gasteiger partial charge in [0.2, 0.25) is 0 Å².